The molecule has 0 unspecified atom stereocenters. The maximum atomic E-state index is 11.7. The molecule has 0 atom stereocenters. The number of rotatable bonds is 6. The number of hydrogen-bond acceptors (Lipinski definition) is 4. The predicted molar refractivity (Wildman–Crippen MR) is 109 cm³/mol. The van der Waals surface area contributed by atoms with Gasteiger partial charge in [-0.05, 0) is 66.8 Å². The summed E-state index contributed by atoms with van der Waals surface area (Å²) in [6.07, 6.45) is 2.27. The zero-order valence-corrected chi connectivity index (χ0v) is 14.8. The fourth-order valence-corrected chi connectivity index (χ4v) is 3.11. The van der Waals surface area contributed by atoms with Crippen LogP contribution in [0.15, 0.2) is 66.7 Å². The molecule has 5 N–H and O–H groups in total. The Bertz CT molecular complexity index is 982. The summed E-state index contributed by atoms with van der Waals surface area (Å²) in [4.78, 5) is 11.7. The number of para-hydroxylation sites is 1. The minimum absolute atomic E-state index is 0.282. The summed E-state index contributed by atoms with van der Waals surface area (Å²) in [5.74, 6) is -0.425. The first kappa shape index (κ1) is 17.0. The van der Waals surface area contributed by atoms with Gasteiger partial charge in [0.15, 0.2) is 0 Å². The number of nitrogen functional groups attached to an aromatic ring is 1. The molecular weight excluding hydrogens is 338 g/mol. The number of hydrogen-bond donors (Lipinski definition) is 4. The number of anilines is 5. The third-order valence-electron chi connectivity index (χ3n) is 4.71. The van der Waals surface area contributed by atoms with Crippen molar-refractivity contribution in [3.8, 4) is 0 Å². The molecule has 1 aliphatic rings. The first-order valence-electron chi connectivity index (χ1n) is 8.96. The van der Waals surface area contributed by atoms with E-state index < -0.39 is 5.97 Å². The maximum absolute atomic E-state index is 11.7. The molecule has 0 saturated heterocycles. The molecule has 0 radical (unpaired) electrons. The molecule has 0 aromatic heterocycles. The lowest BCUT2D eigenvalue weighted by atomic mass is 10.0. The third kappa shape index (κ3) is 3.87. The van der Waals surface area contributed by atoms with Gasteiger partial charge in [0, 0.05) is 11.4 Å². The number of carboxylic acid groups (broad SMARTS) is 1. The quantitative estimate of drug-likeness (QED) is 0.447. The molecule has 4 rings (SSSR count). The molecule has 0 aliphatic heterocycles. The van der Waals surface area contributed by atoms with E-state index in [-0.39, 0.29) is 5.56 Å². The summed E-state index contributed by atoms with van der Waals surface area (Å²) in [5, 5.41) is 16.0. The standard InChI is InChI=1S/C22H21N3O2/c23-19-13-17(9-11-21(19)24-16-4-2-1-3-5-16)25-20-10-8-15(14-6-7-14)12-18(20)22(26)27/h1-5,8-14,24-25H,6-7,23H2,(H,26,27). The second-order valence-electron chi connectivity index (χ2n) is 6.80. The van der Waals surface area contributed by atoms with E-state index in [1.807, 2.05) is 54.6 Å². The van der Waals surface area contributed by atoms with Gasteiger partial charge in [-0.3, -0.25) is 0 Å². The Hall–Kier alpha value is -3.47. The van der Waals surface area contributed by atoms with Crippen molar-refractivity contribution in [2.75, 3.05) is 16.4 Å². The van der Waals surface area contributed by atoms with Crippen molar-refractivity contribution in [1.29, 1.82) is 0 Å². The normalized spacial score (nSPS) is 13.2. The molecule has 0 heterocycles. The number of carboxylic acids is 1. The first-order chi connectivity index (χ1) is 13.1. The number of carbonyl (C=O) groups is 1. The Morgan fingerprint density at radius 2 is 1.59 bits per heavy atom. The third-order valence-corrected chi connectivity index (χ3v) is 4.71. The van der Waals surface area contributed by atoms with Gasteiger partial charge in [-0.1, -0.05) is 24.3 Å². The molecule has 3 aromatic rings. The number of aromatic carboxylic acids is 1. The maximum Gasteiger partial charge on any atom is 0.337 e. The van der Waals surface area contributed by atoms with Crippen LogP contribution in [0.1, 0.15) is 34.7 Å². The number of nitrogens with two attached hydrogens (primary N) is 1. The minimum Gasteiger partial charge on any atom is -0.478 e. The van der Waals surface area contributed by atoms with Crippen molar-refractivity contribution in [3.63, 3.8) is 0 Å². The average molecular weight is 359 g/mol. The first-order valence-corrected chi connectivity index (χ1v) is 8.96. The predicted octanol–water partition coefficient (Wildman–Crippen LogP) is 5.33. The molecule has 1 fully saturated rings. The molecule has 1 saturated carbocycles. The van der Waals surface area contributed by atoms with E-state index >= 15 is 0 Å². The van der Waals surface area contributed by atoms with Crippen molar-refractivity contribution in [2.24, 2.45) is 0 Å². The molecular formula is C22H21N3O2. The van der Waals surface area contributed by atoms with Crippen LogP contribution < -0.4 is 16.4 Å². The zero-order valence-electron chi connectivity index (χ0n) is 14.8. The Balaban J connectivity index is 1.56. The largest absolute Gasteiger partial charge is 0.478 e. The van der Waals surface area contributed by atoms with Crippen LogP contribution in [0, 0.1) is 0 Å². The second kappa shape index (κ2) is 7.03. The lowest BCUT2D eigenvalue weighted by Gasteiger charge is -2.14. The fraction of sp³-hybridized carbons (Fsp3) is 0.136. The Labute approximate surface area is 157 Å². The van der Waals surface area contributed by atoms with Gasteiger partial charge >= 0.3 is 5.97 Å². The van der Waals surface area contributed by atoms with Gasteiger partial charge in [0.1, 0.15) is 0 Å². The SMILES string of the molecule is Nc1cc(Nc2ccc(C3CC3)cc2C(=O)O)ccc1Nc1ccccc1. The molecule has 27 heavy (non-hydrogen) atoms. The molecule has 0 bridgehead atoms. The smallest absolute Gasteiger partial charge is 0.337 e. The lowest BCUT2D eigenvalue weighted by Crippen LogP contribution is -2.04. The molecule has 0 spiro atoms. The van der Waals surface area contributed by atoms with Crippen LogP contribution in [-0.4, -0.2) is 11.1 Å². The molecule has 1 aliphatic carbocycles. The Morgan fingerprint density at radius 3 is 2.26 bits per heavy atom. The van der Waals surface area contributed by atoms with E-state index in [9.17, 15) is 9.90 Å². The van der Waals surface area contributed by atoms with Crippen molar-refractivity contribution in [1.82, 2.24) is 0 Å². The van der Waals surface area contributed by atoms with E-state index in [0.29, 0.717) is 17.3 Å². The van der Waals surface area contributed by atoms with Gasteiger partial charge in [-0.25, -0.2) is 4.79 Å². The summed E-state index contributed by atoms with van der Waals surface area (Å²) in [6.45, 7) is 0. The van der Waals surface area contributed by atoms with E-state index in [4.69, 9.17) is 5.73 Å². The van der Waals surface area contributed by atoms with Gasteiger partial charge < -0.3 is 21.5 Å². The Kier molecular flexibility index (Phi) is 4.42. The molecule has 3 aromatic carbocycles. The van der Waals surface area contributed by atoms with Crippen LogP contribution in [0.3, 0.4) is 0 Å². The van der Waals surface area contributed by atoms with Gasteiger partial charge in [0.25, 0.3) is 0 Å². The van der Waals surface area contributed by atoms with Crippen LogP contribution >= 0.6 is 0 Å². The number of benzene rings is 3. The highest BCUT2D eigenvalue weighted by Crippen LogP contribution is 2.41. The van der Waals surface area contributed by atoms with Crippen molar-refractivity contribution in [3.05, 3.63) is 77.9 Å². The van der Waals surface area contributed by atoms with Crippen LogP contribution in [0.25, 0.3) is 0 Å². The van der Waals surface area contributed by atoms with Crippen LogP contribution in [0.4, 0.5) is 28.4 Å². The van der Waals surface area contributed by atoms with Gasteiger partial charge in [-0.2, -0.15) is 0 Å². The van der Waals surface area contributed by atoms with E-state index in [2.05, 4.69) is 10.6 Å². The van der Waals surface area contributed by atoms with Crippen molar-refractivity contribution >= 4 is 34.4 Å². The van der Waals surface area contributed by atoms with Crippen LogP contribution in [0.5, 0.6) is 0 Å². The highest BCUT2D eigenvalue weighted by Gasteiger charge is 2.25. The van der Waals surface area contributed by atoms with E-state index in [1.165, 1.54) is 0 Å². The summed E-state index contributed by atoms with van der Waals surface area (Å²) in [6, 6.07) is 21.0. The van der Waals surface area contributed by atoms with E-state index in [0.717, 1.165) is 35.5 Å². The van der Waals surface area contributed by atoms with E-state index in [1.54, 1.807) is 12.1 Å². The second-order valence-corrected chi connectivity index (χ2v) is 6.80. The molecule has 5 heteroatoms. The highest BCUT2D eigenvalue weighted by molar-refractivity contribution is 5.95. The molecule has 136 valence electrons. The lowest BCUT2D eigenvalue weighted by molar-refractivity contribution is 0.0698. The average Bonchev–Trinajstić information content (AvgIpc) is 3.50. The monoisotopic (exact) mass is 359 g/mol. The summed E-state index contributed by atoms with van der Waals surface area (Å²) in [5.41, 5.74) is 11.2. The number of nitrogens with one attached hydrogen (secondary N) is 2. The fourth-order valence-electron chi connectivity index (χ4n) is 3.11. The summed E-state index contributed by atoms with van der Waals surface area (Å²) < 4.78 is 0. The molecule has 5 nitrogen and oxygen atoms in total. The Morgan fingerprint density at radius 1 is 0.889 bits per heavy atom. The zero-order chi connectivity index (χ0) is 18.8. The van der Waals surface area contributed by atoms with Gasteiger partial charge in [0.2, 0.25) is 0 Å². The highest BCUT2D eigenvalue weighted by atomic mass is 16.4. The van der Waals surface area contributed by atoms with Crippen molar-refractivity contribution < 1.29 is 9.90 Å². The van der Waals surface area contributed by atoms with Crippen LogP contribution in [0.2, 0.25) is 0 Å². The van der Waals surface area contributed by atoms with Crippen molar-refractivity contribution in [2.45, 2.75) is 18.8 Å². The minimum atomic E-state index is -0.935. The van der Waals surface area contributed by atoms with Crippen LogP contribution in [-0.2, 0) is 0 Å². The van der Waals surface area contributed by atoms with Gasteiger partial charge in [-0.15, -0.1) is 0 Å². The summed E-state index contributed by atoms with van der Waals surface area (Å²) in [7, 11) is 0. The summed E-state index contributed by atoms with van der Waals surface area (Å²) >= 11 is 0. The molecule has 0 amide bonds. The topological polar surface area (TPSA) is 87.4 Å². The van der Waals surface area contributed by atoms with Gasteiger partial charge in [0.05, 0.1) is 22.6 Å².